The second-order valence-electron chi connectivity index (χ2n) is 5.94. The third-order valence-corrected chi connectivity index (χ3v) is 4.94. The summed E-state index contributed by atoms with van der Waals surface area (Å²) in [5.74, 6) is 0.326. The van der Waals surface area contributed by atoms with Gasteiger partial charge in [-0.1, -0.05) is 19.1 Å². The number of rotatable bonds is 4. The van der Waals surface area contributed by atoms with E-state index in [9.17, 15) is 9.59 Å². The Morgan fingerprint density at radius 2 is 2.07 bits per heavy atom. The Morgan fingerprint density at radius 3 is 2.85 bits per heavy atom. The number of benzene rings is 1. The number of nitrogens with one attached hydrogen (secondary N) is 2. The van der Waals surface area contributed by atoms with E-state index >= 15 is 0 Å². The first-order valence-electron chi connectivity index (χ1n) is 8.37. The number of para-hydroxylation sites is 1. The van der Waals surface area contributed by atoms with E-state index in [-0.39, 0.29) is 17.4 Å². The Bertz CT molecular complexity index is 1170. The van der Waals surface area contributed by atoms with Gasteiger partial charge >= 0.3 is 0 Å². The zero-order chi connectivity index (χ0) is 19.0. The summed E-state index contributed by atoms with van der Waals surface area (Å²) >= 11 is 1.32. The predicted molar refractivity (Wildman–Crippen MR) is 104 cm³/mol. The number of carbonyl (C=O) groups excluding carboxylic acids is 1. The van der Waals surface area contributed by atoms with Crippen molar-refractivity contribution >= 4 is 33.3 Å². The average molecular weight is 380 g/mol. The van der Waals surface area contributed by atoms with Crippen LogP contribution in [0.15, 0.2) is 41.2 Å². The first kappa shape index (κ1) is 17.1. The number of hydrogen-bond acceptors (Lipinski definition) is 6. The summed E-state index contributed by atoms with van der Waals surface area (Å²) in [7, 11) is 0. The number of amides is 1. The van der Waals surface area contributed by atoms with E-state index in [2.05, 4.69) is 25.4 Å². The van der Waals surface area contributed by atoms with Gasteiger partial charge in [0.2, 0.25) is 5.95 Å². The van der Waals surface area contributed by atoms with Gasteiger partial charge in [-0.3, -0.25) is 14.6 Å². The molecule has 0 aliphatic heterocycles. The monoisotopic (exact) mass is 380 g/mol. The number of aromatic nitrogens is 5. The molecule has 3 aromatic heterocycles. The molecular weight excluding hydrogens is 364 g/mol. The first-order valence-corrected chi connectivity index (χ1v) is 9.19. The molecule has 27 heavy (non-hydrogen) atoms. The van der Waals surface area contributed by atoms with Crippen LogP contribution in [0.5, 0.6) is 0 Å². The molecule has 0 radical (unpaired) electrons. The number of fused-ring (bicyclic) bond motifs is 1. The summed E-state index contributed by atoms with van der Waals surface area (Å²) in [5, 5.41) is 7.50. The van der Waals surface area contributed by atoms with Gasteiger partial charge in [0.1, 0.15) is 5.82 Å². The Morgan fingerprint density at radius 1 is 1.26 bits per heavy atom. The number of aromatic amines is 1. The molecule has 0 bridgehead atoms. The van der Waals surface area contributed by atoms with Crippen LogP contribution in [0.25, 0.3) is 16.2 Å². The van der Waals surface area contributed by atoms with Gasteiger partial charge < -0.3 is 5.32 Å². The van der Waals surface area contributed by atoms with Crippen LogP contribution in [0.1, 0.15) is 28.1 Å². The van der Waals surface area contributed by atoms with E-state index in [0.29, 0.717) is 28.6 Å². The highest BCUT2D eigenvalue weighted by atomic mass is 32.1. The highest BCUT2D eigenvalue weighted by Gasteiger charge is 2.17. The van der Waals surface area contributed by atoms with Crippen molar-refractivity contribution in [1.82, 2.24) is 24.7 Å². The van der Waals surface area contributed by atoms with Crippen molar-refractivity contribution < 1.29 is 4.79 Å². The van der Waals surface area contributed by atoms with Crippen molar-refractivity contribution in [2.45, 2.75) is 20.3 Å². The van der Waals surface area contributed by atoms with E-state index in [1.54, 1.807) is 13.0 Å². The first-order chi connectivity index (χ1) is 13.0. The lowest BCUT2D eigenvalue weighted by Gasteiger charge is -2.07. The van der Waals surface area contributed by atoms with Crippen LogP contribution in [0.4, 0.5) is 5.82 Å². The summed E-state index contributed by atoms with van der Waals surface area (Å²) in [6, 6.07) is 10.7. The molecule has 1 amide bonds. The standard InChI is InChI=1S/C18H16N6O2S/c1-3-11-9-15(25)22-18(19-11)24-14(8-10(2)23-24)21-16(26)17-20-12-6-4-5-7-13(12)27-17/h4-9H,3H2,1-2H3,(H,21,26)(H,19,22,25). The van der Waals surface area contributed by atoms with Gasteiger partial charge in [0.05, 0.1) is 15.9 Å². The fourth-order valence-corrected chi connectivity index (χ4v) is 3.53. The fourth-order valence-electron chi connectivity index (χ4n) is 2.66. The van der Waals surface area contributed by atoms with Crippen molar-refractivity contribution in [1.29, 1.82) is 0 Å². The molecule has 1 aromatic carbocycles. The summed E-state index contributed by atoms with van der Waals surface area (Å²) in [6.45, 7) is 3.71. The van der Waals surface area contributed by atoms with Crippen molar-refractivity contribution in [3.63, 3.8) is 0 Å². The molecule has 0 unspecified atom stereocenters. The molecular formula is C18H16N6O2S. The van der Waals surface area contributed by atoms with Gasteiger partial charge in [-0.15, -0.1) is 11.3 Å². The average Bonchev–Trinajstić information content (AvgIpc) is 3.24. The van der Waals surface area contributed by atoms with Crippen molar-refractivity contribution in [2.24, 2.45) is 0 Å². The number of anilines is 1. The largest absolute Gasteiger partial charge is 0.304 e. The summed E-state index contributed by atoms with van der Waals surface area (Å²) < 4.78 is 2.36. The maximum Gasteiger partial charge on any atom is 0.285 e. The minimum absolute atomic E-state index is 0.257. The van der Waals surface area contributed by atoms with E-state index < -0.39 is 0 Å². The lowest BCUT2D eigenvalue weighted by molar-refractivity contribution is 0.102. The topological polar surface area (TPSA) is 106 Å². The highest BCUT2D eigenvalue weighted by Crippen LogP contribution is 2.23. The lowest BCUT2D eigenvalue weighted by Crippen LogP contribution is -2.19. The molecule has 8 nitrogen and oxygen atoms in total. The molecule has 0 saturated heterocycles. The van der Waals surface area contributed by atoms with E-state index in [0.717, 1.165) is 10.2 Å². The van der Waals surface area contributed by atoms with Gasteiger partial charge in [0, 0.05) is 17.8 Å². The SMILES string of the molecule is CCc1cc(=O)[nH]c(-n2nc(C)cc2NC(=O)c2nc3ccccc3s2)n1. The summed E-state index contributed by atoms with van der Waals surface area (Å²) in [5.41, 5.74) is 1.83. The number of aryl methyl sites for hydroxylation is 2. The van der Waals surface area contributed by atoms with Crippen LogP contribution in [-0.4, -0.2) is 30.6 Å². The van der Waals surface area contributed by atoms with Gasteiger partial charge in [-0.2, -0.15) is 9.78 Å². The molecule has 0 fully saturated rings. The molecule has 0 atom stereocenters. The van der Waals surface area contributed by atoms with Gasteiger partial charge in [-0.25, -0.2) is 9.97 Å². The Balaban J connectivity index is 1.70. The van der Waals surface area contributed by atoms with Crippen LogP contribution < -0.4 is 10.9 Å². The van der Waals surface area contributed by atoms with E-state index in [1.807, 2.05) is 31.2 Å². The molecule has 0 aliphatic carbocycles. The summed E-state index contributed by atoms with van der Waals surface area (Å²) in [6.07, 6.45) is 0.616. The zero-order valence-corrected chi connectivity index (χ0v) is 15.5. The maximum atomic E-state index is 12.7. The second kappa shape index (κ2) is 6.76. The van der Waals surface area contributed by atoms with Gasteiger partial charge in [-0.05, 0) is 25.5 Å². The molecule has 4 aromatic rings. The Hall–Kier alpha value is -3.33. The molecule has 0 aliphatic rings. The minimum atomic E-state index is -0.341. The Kier molecular flexibility index (Phi) is 4.28. The zero-order valence-electron chi connectivity index (χ0n) is 14.7. The number of thiazole rings is 1. The van der Waals surface area contributed by atoms with Gasteiger partial charge in [0.15, 0.2) is 5.01 Å². The molecule has 4 rings (SSSR count). The smallest absolute Gasteiger partial charge is 0.285 e. The quantitative estimate of drug-likeness (QED) is 0.566. The van der Waals surface area contributed by atoms with Crippen LogP contribution in [0.2, 0.25) is 0 Å². The number of carbonyl (C=O) groups is 1. The van der Waals surface area contributed by atoms with Crippen LogP contribution in [-0.2, 0) is 6.42 Å². The van der Waals surface area contributed by atoms with Crippen molar-refractivity contribution in [3.8, 4) is 5.95 Å². The molecule has 3 heterocycles. The molecule has 0 saturated carbocycles. The van der Waals surface area contributed by atoms with Crippen LogP contribution in [0, 0.1) is 6.92 Å². The molecule has 136 valence electrons. The molecule has 0 spiro atoms. The third kappa shape index (κ3) is 3.36. The molecule has 2 N–H and O–H groups in total. The molecule has 9 heteroatoms. The van der Waals surface area contributed by atoms with E-state index in [4.69, 9.17) is 0 Å². The number of hydrogen-bond donors (Lipinski definition) is 2. The second-order valence-corrected chi connectivity index (χ2v) is 6.97. The Labute approximate surface area is 157 Å². The highest BCUT2D eigenvalue weighted by molar-refractivity contribution is 7.20. The minimum Gasteiger partial charge on any atom is -0.304 e. The predicted octanol–water partition coefficient (Wildman–Crippen LogP) is 2.69. The van der Waals surface area contributed by atoms with Crippen molar-refractivity contribution in [3.05, 3.63) is 63.1 Å². The van der Waals surface area contributed by atoms with E-state index in [1.165, 1.54) is 22.1 Å². The number of nitrogens with zero attached hydrogens (tertiary/aromatic N) is 4. The van der Waals surface area contributed by atoms with Gasteiger partial charge in [0.25, 0.3) is 11.5 Å². The van der Waals surface area contributed by atoms with Crippen molar-refractivity contribution in [2.75, 3.05) is 5.32 Å². The van der Waals surface area contributed by atoms with Crippen LogP contribution in [0.3, 0.4) is 0 Å². The van der Waals surface area contributed by atoms with Crippen LogP contribution >= 0.6 is 11.3 Å². The summed E-state index contributed by atoms with van der Waals surface area (Å²) in [4.78, 5) is 36.0. The lowest BCUT2D eigenvalue weighted by atomic mass is 10.3. The third-order valence-electron chi connectivity index (χ3n) is 3.91. The maximum absolute atomic E-state index is 12.7. The fraction of sp³-hybridized carbons (Fsp3) is 0.167. The number of H-pyrrole nitrogens is 1. The normalized spacial score (nSPS) is 11.0.